The van der Waals surface area contributed by atoms with Crippen molar-refractivity contribution in [3.8, 4) is 0 Å². The third kappa shape index (κ3) is 5.00. The van der Waals surface area contributed by atoms with Crippen molar-refractivity contribution in [2.75, 3.05) is 46.2 Å². The number of aliphatic hydroxyl groups excluding tert-OH is 1. The molecule has 5 heteroatoms. The van der Waals surface area contributed by atoms with E-state index < -0.39 is 0 Å². The Bertz CT molecular complexity index is 238. The minimum Gasteiger partial charge on any atom is -0.394 e. The van der Waals surface area contributed by atoms with Crippen LogP contribution in [0, 0.1) is 0 Å². The van der Waals surface area contributed by atoms with Crippen LogP contribution in [0.5, 0.6) is 0 Å². The van der Waals surface area contributed by atoms with Crippen LogP contribution in [-0.2, 0) is 14.2 Å². The normalized spacial score (nSPS) is 26.7. The summed E-state index contributed by atoms with van der Waals surface area (Å²) >= 11 is 0. The minimum atomic E-state index is 0.0710. The number of rotatable bonds is 7. The lowest BCUT2D eigenvalue weighted by atomic mass is 9.84. The summed E-state index contributed by atoms with van der Waals surface area (Å²) in [5.41, 5.74) is 0.0710. The Morgan fingerprint density at radius 3 is 2.84 bits per heavy atom. The van der Waals surface area contributed by atoms with E-state index in [0.717, 1.165) is 65.1 Å². The molecule has 0 saturated carbocycles. The number of hydrogen-bond donors (Lipinski definition) is 2. The van der Waals surface area contributed by atoms with E-state index in [1.165, 1.54) is 0 Å². The van der Waals surface area contributed by atoms with Gasteiger partial charge in [-0.1, -0.05) is 0 Å². The molecule has 112 valence electrons. The van der Waals surface area contributed by atoms with Crippen LogP contribution in [0.2, 0.25) is 0 Å². The average molecular weight is 273 g/mol. The van der Waals surface area contributed by atoms with Gasteiger partial charge in [-0.15, -0.1) is 0 Å². The predicted molar refractivity (Wildman–Crippen MR) is 72.3 cm³/mol. The zero-order valence-electron chi connectivity index (χ0n) is 11.7. The maximum atomic E-state index is 8.60. The van der Waals surface area contributed by atoms with Gasteiger partial charge in [0.05, 0.1) is 18.8 Å². The summed E-state index contributed by atoms with van der Waals surface area (Å²) in [4.78, 5) is 0. The molecule has 1 atom stereocenters. The summed E-state index contributed by atoms with van der Waals surface area (Å²) in [5, 5.41) is 12.2. The Balaban J connectivity index is 1.61. The lowest BCUT2D eigenvalue weighted by molar-refractivity contribution is -0.140. The van der Waals surface area contributed by atoms with Gasteiger partial charge in [0.25, 0.3) is 0 Å². The van der Waals surface area contributed by atoms with Gasteiger partial charge in [0, 0.05) is 32.5 Å². The van der Waals surface area contributed by atoms with Crippen LogP contribution in [0.15, 0.2) is 0 Å². The quantitative estimate of drug-likeness (QED) is 0.669. The summed E-state index contributed by atoms with van der Waals surface area (Å²) in [7, 11) is 0. The number of hydrogen-bond acceptors (Lipinski definition) is 5. The maximum absolute atomic E-state index is 8.60. The first-order chi connectivity index (χ1) is 9.35. The van der Waals surface area contributed by atoms with Crippen molar-refractivity contribution in [2.24, 2.45) is 0 Å². The van der Waals surface area contributed by atoms with Crippen molar-refractivity contribution in [2.45, 2.75) is 43.7 Å². The molecule has 2 saturated heterocycles. The predicted octanol–water partition coefficient (Wildman–Crippen LogP) is 0.703. The van der Waals surface area contributed by atoms with E-state index in [4.69, 9.17) is 19.3 Å². The molecule has 5 nitrogen and oxygen atoms in total. The zero-order chi connectivity index (χ0) is 13.4. The van der Waals surface area contributed by atoms with Crippen LogP contribution in [0.4, 0.5) is 0 Å². The fraction of sp³-hybridized carbons (Fsp3) is 1.00. The molecule has 0 bridgehead atoms. The molecule has 1 unspecified atom stereocenters. The molecule has 2 fully saturated rings. The first-order valence-corrected chi connectivity index (χ1v) is 7.48. The van der Waals surface area contributed by atoms with Crippen molar-refractivity contribution in [1.29, 1.82) is 0 Å². The molecule has 0 aliphatic carbocycles. The molecule has 19 heavy (non-hydrogen) atoms. The molecular weight excluding hydrogens is 246 g/mol. The molecule has 0 aromatic carbocycles. The molecule has 2 heterocycles. The maximum Gasteiger partial charge on any atom is 0.0741 e. The Hall–Kier alpha value is -0.200. The van der Waals surface area contributed by atoms with Gasteiger partial charge in [-0.05, 0) is 38.6 Å². The van der Waals surface area contributed by atoms with Crippen molar-refractivity contribution in [3.63, 3.8) is 0 Å². The molecule has 0 amide bonds. The second-order valence-corrected chi connectivity index (χ2v) is 5.48. The molecule has 2 aliphatic heterocycles. The summed E-state index contributed by atoms with van der Waals surface area (Å²) in [5.74, 6) is 0. The van der Waals surface area contributed by atoms with Gasteiger partial charge >= 0.3 is 0 Å². The van der Waals surface area contributed by atoms with Gasteiger partial charge in [0.2, 0.25) is 0 Å². The highest BCUT2D eigenvalue weighted by Crippen LogP contribution is 2.34. The Labute approximate surface area is 115 Å². The highest BCUT2D eigenvalue weighted by molar-refractivity contribution is 4.91. The Morgan fingerprint density at radius 1 is 1.21 bits per heavy atom. The van der Waals surface area contributed by atoms with Crippen LogP contribution in [0.1, 0.15) is 32.1 Å². The highest BCUT2D eigenvalue weighted by Gasteiger charge is 2.38. The largest absolute Gasteiger partial charge is 0.394 e. The lowest BCUT2D eigenvalue weighted by Gasteiger charge is -2.43. The van der Waals surface area contributed by atoms with Crippen molar-refractivity contribution in [1.82, 2.24) is 5.32 Å². The number of nitrogens with one attached hydrogen (secondary N) is 1. The Kier molecular flexibility index (Phi) is 6.53. The third-order valence-corrected chi connectivity index (χ3v) is 4.03. The first kappa shape index (κ1) is 15.2. The van der Waals surface area contributed by atoms with Gasteiger partial charge in [0.1, 0.15) is 0 Å². The van der Waals surface area contributed by atoms with E-state index in [-0.39, 0.29) is 12.2 Å². The smallest absolute Gasteiger partial charge is 0.0741 e. The third-order valence-electron chi connectivity index (χ3n) is 4.03. The fourth-order valence-electron chi connectivity index (χ4n) is 2.94. The number of ether oxygens (including phenoxy) is 3. The Morgan fingerprint density at radius 2 is 2.05 bits per heavy atom. The van der Waals surface area contributed by atoms with Gasteiger partial charge in [0.15, 0.2) is 0 Å². The lowest BCUT2D eigenvalue weighted by Crippen LogP contribution is -2.50. The summed E-state index contributed by atoms with van der Waals surface area (Å²) in [6.07, 6.45) is 5.26. The van der Waals surface area contributed by atoms with Gasteiger partial charge in [-0.3, -0.25) is 0 Å². The van der Waals surface area contributed by atoms with E-state index in [2.05, 4.69) is 5.32 Å². The van der Waals surface area contributed by atoms with Gasteiger partial charge in [-0.25, -0.2) is 0 Å². The molecule has 0 radical (unpaired) electrons. The van der Waals surface area contributed by atoms with Crippen LogP contribution in [0.3, 0.4) is 0 Å². The van der Waals surface area contributed by atoms with Gasteiger partial charge in [-0.2, -0.15) is 0 Å². The van der Waals surface area contributed by atoms with E-state index in [0.29, 0.717) is 12.6 Å². The zero-order valence-corrected chi connectivity index (χ0v) is 11.7. The molecule has 2 rings (SSSR count). The second-order valence-electron chi connectivity index (χ2n) is 5.48. The highest BCUT2D eigenvalue weighted by atomic mass is 16.5. The number of aliphatic hydroxyl groups is 1. The van der Waals surface area contributed by atoms with E-state index >= 15 is 0 Å². The minimum absolute atomic E-state index is 0.0710. The van der Waals surface area contributed by atoms with Crippen LogP contribution >= 0.6 is 0 Å². The van der Waals surface area contributed by atoms with E-state index in [1.807, 2.05) is 0 Å². The van der Waals surface area contributed by atoms with Crippen LogP contribution in [-0.4, -0.2) is 62.9 Å². The standard InChI is InChI=1S/C14H27NO4/c16-6-11-17-7-1-5-15-13-2-8-19-14(12-13)3-9-18-10-4-14/h13,15-16H,1-12H2. The molecule has 2 aliphatic rings. The van der Waals surface area contributed by atoms with Crippen LogP contribution in [0.25, 0.3) is 0 Å². The molecular formula is C14H27NO4. The monoisotopic (exact) mass is 273 g/mol. The van der Waals surface area contributed by atoms with Crippen molar-refractivity contribution < 1.29 is 19.3 Å². The first-order valence-electron chi connectivity index (χ1n) is 7.48. The molecule has 2 N–H and O–H groups in total. The van der Waals surface area contributed by atoms with Gasteiger partial charge < -0.3 is 24.6 Å². The summed E-state index contributed by atoms with van der Waals surface area (Å²) in [6.45, 7) is 4.78. The van der Waals surface area contributed by atoms with E-state index in [1.54, 1.807) is 0 Å². The SMILES string of the molecule is OCCOCCCNC1CCOC2(CCOCC2)C1. The second kappa shape index (κ2) is 8.17. The fourth-order valence-corrected chi connectivity index (χ4v) is 2.94. The summed E-state index contributed by atoms with van der Waals surface area (Å²) in [6, 6.07) is 0.560. The molecule has 0 aromatic rings. The molecule has 1 spiro atoms. The topological polar surface area (TPSA) is 60.0 Å². The molecule has 0 aromatic heterocycles. The van der Waals surface area contributed by atoms with Crippen molar-refractivity contribution >= 4 is 0 Å². The average Bonchev–Trinajstić information content (AvgIpc) is 2.44. The van der Waals surface area contributed by atoms with Crippen LogP contribution < -0.4 is 5.32 Å². The van der Waals surface area contributed by atoms with E-state index in [9.17, 15) is 0 Å². The summed E-state index contributed by atoms with van der Waals surface area (Å²) < 4.78 is 16.7. The van der Waals surface area contributed by atoms with Crippen molar-refractivity contribution in [3.05, 3.63) is 0 Å².